The molecule has 96 valence electrons. The highest BCUT2D eigenvalue weighted by atomic mass is 35.5. The van der Waals surface area contributed by atoms with Gasteiger partial charge in [-0.2, -0.15) is 4.98 Å². The monoisotopic (exact) mass is 258 g/mol. The molecular formula is C12H19ClN2O2. The molecule has 0 spiro atoms. The smallest absolute Gasteiger partial charge is 0.218 e. The number of ether oxygens (including phenoxy) is 2. The van der Waals surface area contributed by atoms with E-state index in [9.17, 15) is 0 Å². The second kappa shape index (κ2) is 7.45. The Hall–Kier alpha value is -0.870. The molecule has 0 aliphatic carbocycles. The zero-order chi connectivity index (χ0) is 12.7. The second-order valence-corrected chi connectivity index (χ2v) is 4.65. The first-order valence-corrected chi connectivity index (χ1v) is 6.14. The molecular weight excluding hydrogens is 240 g/mol. The normalized spacial score (nSPS) is 10.9. The maximum atomic E-state index is 5.86. The number of hydrogen-bond donors (Lipinski definition) is 0. The van der Waals surface area contributed by atoms with Gasteiger partial charge in [-0.25, -0.2) is 4.98 Å². The van der Waals surface area contributed by atoms with Crippen molar-refractivity contribution >= 4 is 11.6 Å². The summed E-state index contributed by atoms with van der Waals surface area (Å²) in [4.78, 5) is 8.23. The van der Waals surface area contributed by atoms with Gasteiger partial charge in [0.1, 0.15) is 11.8 Å². The molecule has 0 fully saturated rings. The van der Waals surface area contributed by atoms with Crippen molar-refractivity contribution in [1.82, 2.24) is 9.97 Å². The van der Waals surface area contributed by atoms with Gasteiger partial charge in [0.05, 0.1) is 6.61 Å². The van der Waals surface area contributed by atoms with Gasteiger partial charge in [-0.15, -0.1) is 0 Å². The maximum Gasteiger partial charge on any atom is 0.218 e. The molecule has 1 aromatic heterocycles. The zero-order valence-corrected chi connectivity index (χ0v) is 11.3. The van der Waals surface area contributed by atoms with Crippen molar-refractivity contribution in [3.05, 3.63) is 17.0 Å². The van der Waals surface area contributed by atoms with E-state index in [1.165, 1.54) is 0 Å². The van der Waals surface area contributed by atoms with Crippen molar-refractivity contribution in [1.29, 1.82) is 0 Å². The Morgan fingerprint density at radius 2 is 2.12 bits per heavy atom. The lowest BCUT2D eigenvalue weighted by molar-refractivity contribution is 0.176. The van der Waals surface area contributed by atoms with Crippen LogP contribution in [0.25, 0.3) is 0 Å². The molecule has 0 atom stereocenters. The summed E-state index contributed by atoms with van der Waals surface area (Å²) in [6.45, 7) is 5.37. The largest absolute Gasteiger partial charge is 0.478 e. The Balaban J connectivity index is 2.46. The minimum atomic E-state index is 0.336. The number of nitrogens with zero attached hydrogens (tertiary/aromatic N) is 2. The average Bonchev–Trinajstić information content (AvgIpc) is 2.24. The van der Waals surface area contributed by atoms with Crippen LogP contribution in [-0.4, -0.2) is 23.7 Å². The van der Waals surface area contributed by atoms with E-state index in [2.05, 4.69) is 23.8 Å². The SMILES string of the molecule is COCc1nc(Cl)cc(OCCCC(C)C)n1. The first-order chi connectivity index (χ1) is 8.11. The lowest BCUT2D eigenvalue weighted by Crippen LogP contribution is -2.04. The van der Waals surface area contributed by atoms with Crippen LogP contribution in [-0.2, 0) is 11.3 Å². The Morgan fingerprint density at radius 1 is 1.35 bits per heavy atom. The van der Waals surface area contributed by atoms with E-state index < -0.39 is 0 Å². The number of halogens is 1. The van der Waals surface area contributed by atoms with E-state index in [4.69, 9.17) is 21.1 Å². The highest BCUT2D eigenvalue weighted by Crippen LogP contribution is 2.15. The second-order valence-electron chi connectivity index (χ2n) is 4.26. The summed E-state index contributed by atoms with van der Waals surface area (Å²) in [6, 6.07) is 1.62. The fourth-order valence-electron chi connectivity index (χ4n) is 1.38. The van der Waals surface area contributed by atoms with E-state index in [1.54, 1.807) is 13.2 Å². The number of hydrogen-bond acceptors (Lipinski definition) is 4. The molecule has 1 rings (SSSR count). The predicted octanol–water partition coefficient (Wildman–Crippen LogP) is 3.09. The lowest BCUT2D eigenvalue weighted by atomic mass is 10.1. The molecule has 1 aromatic rings. The Labute approximate surface area is 107 Å². The molecule has 0 amide bonds. The molecule has 0 radical (unpaired) electrons. The van der Waals surface area contributed by atoms with Crippen LogP contribution >= 0.6 is 11.6 Å². The minimum Gasteiger partial charge on any atom is -0.478 e. The van der Waals surface area contributed by atoms with E-state index in [0.29, 0.717) is 36.0 Å². The van der Waals surface area contributed by atoms with E-state index in [0.717, 1.165) is 12.8 Å². The van der Waals surface area contributed by atoms with Gasteiger partial charge in [-0.1, -0.05) is 25.4 Å². The molecule has 0 aliphatic heterocycles. The van der Waals surface area contributed by atoms with Gasteiger partial charge in [-0.05, 0) is 18.8 Å². The van der Waals surface area contributed by atoms with E-state index >= 15 is 0 Å². The van der Waals surface area contributed by atoms with Crippen LogP contribution in [0.15, 0.2) is 6.07 Å². The van der Waals surface area contributed by atoms with Gasteiger partial charge < -0.3 is 9.47 Å². The third-order valence-corrected chi connectivity index (χ3v) is 2.36. The van der Waals surface area contributed by atoms with E-state index in [1.807, 2.05) is 0 Å². The summed E-state index contributed by atoms with van der Waals surface area (Å²) in [6.07, 6.45) is 2.16. The Bertz CT molecular complexity index is 345. The Kier molecular flexibility index (Phi) is 6.22. The molecule has 0 unspecified atom stereocenters. The topological polar surface area (TPSA) is 44.2 Å². The molecule has 0 N–H and O–H groups in total. The predicted molar refractivity (Wildman–Crippen MR) is 67.3 cm³/mol. The molecule has 1 heterocycles. The first kappa shape index (κ1) is 14.2. The average molecular weight is 259 g/mol. The third kappa shape index (κ3) is 5.84. The fourth-order valence-corrected chi connectivity index (χ4v) is 1.57. The fraction of sp³-hybridized carbons (Fsp3) is 0.667. The highest BCUT2D eigenvalue weighted by molar-refractivity contribution is 6.29. The van der Waals surface area contributed by atoms with Gasteiger partial charge >= 0.3 is 0 Å². The molecule has 0 aromatic carbocycles. The van der Waals surface area contributed by atoms with Crippen molar-refractivity contribution in [2.75, 3.05) is 13.7 Å². The van der Waals surface area contributed by atoms with Gasteiger partial charge in [0.15, 0.2) is 5.82 Å². The zero-order valence-electron chi connectivity index (χ0n) is 10.6. The van der Waals surface area contributed by atoms with Crippen LogP contribution in [0.3, 0.4) is 0 Å². The number of aromatic nitrogens is 2. The summed E-state index contributed by atoms with van der Waals surface area (Å²) < 4.78 is 10.5. The molecule has 5 heteroatoms. The van der Waals surface area contributed by atoms with Gasteiger partial charge in [0.2, 0.25) is 5.88 Å². The summed E-state index contributed by atoms with van der Waals surface area (Å²) in [5.74, 6) is 1.75. The van der Waals surface area contributed by atoms with Gasteiger partial charge in [0, 0.05) is 13.2 Å². The standard InChI is InChI=1S/C12H19ClN2O2/c1-9(2)5-4-6-17-12-7-10(13)14-11(15-12)8-16-3/h7,9H,4-6,8H2,1-3H3. The number of methoxy groups -OCH3 is 1. The molecule has 17 heavy (non-hydrogen) atoms. The summed E-state index contributed by atoms with van der Waals surface area (Å²) >= 11 is 5.86. The first-order valence-electron chi connectivity index (χ1n) is 5.77. The minimum absolute atomic E-state index is 0.336. The van der Waals surface area contributed by atoms with Crippen molar-refractivity contribution < 1.29 is 9.47 Å². The van der Waals surface area contributed by atoms with Gasteiger partial charge in [0.25, 0.3) is 0 Å². The highest BCUT2D eigenvalue weighted by Gasteiger charge is 2.04. The van der Waals surface area contributed by atoms with Crippen LogP contribution in [0.4, 0.5) is 0 Å². The quantitative estimate of drug-likeness (QED) is 0.557. The lowest BCUT2D eigenvalue weighted by Gasteiger charge is -2.08. The van der Waals surface area contributed by atoms with Crippen LogP contribution in [0.5, 0.6) is 5.88 Å². The maximum absolute atomic E-state index is 5.86. The molecule has 0 saturated carbocycles. The third-order valence-electron chi connectivity index (χ3n) is 2.17. The Morgan fingerprint density at radius 3 is 2.76 bits per heavy atom. The number of rotatable bonds is 7. The summed E-state index contributed by atoms with van der Waals surface area (Å²) in [5.41, 5.74) is 0. The van der Waals surface area contributed by atoms with Crippen LogP contribution in [0.2, 0.25) is 5.15 Å². The van der Waals surface area contributed by atoms with Crippen LogP contribution < -0.4 is 4.74 Å². The molecule has 0 bridgehead atoms. The molecule has 0 aliphatic rings. The molecule has 4 nitrogen and oxygen atoms in total. The van der Waals surface area contributed by atoms with Crippen molar-refractivity contribution in [3.63, 3.8) is 0 Å². The van der Waals surface area contributed by atoms with Crippen LogP contribution in [0.1, 0.15) is 32.5 Å². The van der Waals surface area contributed by atoms with Crippen molar-refractivity contribution in [2.24, 2.45) is 5.92 Å². The van der Waals surface area contributed by atoms with Gasteiger partial charge in [-0.3, -0.25) is 0 Å². The van der Waals surface area contributed by atoms with Crippen molar-refractivity contribution in [3.8, 4) is 5.88 Å². The van der Waals surface area contributed by atoms with Crippen LogP contribution in [0, 0.1) is 5.92 Å². The summed E-state index contributed by atoms with van der Waals surface area (Å²) in [5, 5.41) is 0.380. The van der Waals surface area contributed by atoms with Crippen molar-refractivity contribution in [2.45, 2.75) is 33.3 Å². The summed E-state index contributed by atoms with van der Waals surface area (Å²) in [7, 11) is 1.59. The molecule has 0 saturated heterocycles. The van der Waals surface area contributed by atoms with E-state index in [-0.39, 0.29) is 0 Å².